The topological polar surface area (TPSA) is 83.6 Å². The van der Waals surface area contributed by atoms with Gasteiger partial charge >= 0.3 is 31.1 Å². The highest BCUT2D eigenvalue weighted by Crippen LogP contribution is 2.27. The maximum atomic E-state index is 11.5. The number of rotatable bonds is 5. The number of piperidine rings is 1. The molecule has 1 saturated heterocycles. The third-order valence-electron chi connectivity index (χ3n) is 3.11. The van der Waals surface area contributed by atoms with Gasteiger partial charge in [-0.1, -0.05) is 23.9 Å². The summed E-state index contributed by atoms with van der Waals surface area (Å²) in [5, 5.41) is 0. The highest BCUT2D eigenvalue weighted by Gasteiger charge is 2.55. The SMILES string of the molecule is CCCCN1CCCCC1.O=S(=O)(NS(=O)(=O)C(F)(F)F)C(F)(F)F. The van der Waals surface area contributed by atoms with E-state index in [1.807, 2.05) is 0 Å². The van der Waals surface area contributed by atoms with E-state index in [0.29, 0.717) is 0 Å². The fraction of sp³-hybridized carbons (Fsp3) is 1.00. The molecule has 0 atom stereocenters. The fourth-order valence-electron chi connectivity index (χ4n) is 1.80. The molecule has 1 aliphatic heterocycles. The van der Waals surface area contributed by atoms with Gasteiger partial charge in [0.2, 0.25) is 0 Å². The van der Waals surface area contributed by atoms with Crippen LogP contribution < -0.4 is 4.13 Å². The van der Waals surface area contributed by atoms with Gasteiger partial charge in [0.05, 0.1) is 0 Å². The van der Waals surface area contributed by atoms with Crippen molar-refractivity contribution in [3.63, 3.8) is 0 Å². The molecule has 0 spiro atoms. The van der Waals surface area contributed by atoms with E-state index < -0.39 is 35.2 Å². The Morgan fingerprint density at radius 3 is 1.56 bits per heavy atom. The van der Waals surface area contributed by atoms with E-state index >= 15 is 0 Å². The Labute approximate surface area is 142 Å². The Kier molecular flexibility index (Phi) is 9.14. The molecular formula is C11H20F6N2O4S2. The molecule has 0 saturated carbocycles. The molecule has 0 unspecified atom stereocenters. The first kappa shape index (κ1) is 24.4. The summed E-state index contributed by atoms with van der Waals surface area (Å²) in [5.74, 6) is 0. The predicted octanol–water partition coefficient (Wildman–Crippen LogP) is 2.55. The summed E-state index contributed by atoms with van der Waals surface area (Å²) in [6.07, 6.45) is 7.06. The Morgan fingerprint density at radius 2 is 1.24 bits per heavy atom. The Morgan fingerprint density at radius 1 is 0.840 bits per heavy atom. The van der Waals surface area contributed by atoms with Gasteiger partial charge in [0.15, 0.2) is 0 Å². The molecule has 0 bridgehead atoms. The summed E-state index contributed by atoms with van der Waals surface area (Å²) in [5.41, 5.74) is -12.3. The first-order valence-electron chi connectivity index (χ1n) is 7.27. The van der Waals surface area contributed by atoms with Crippen molar-refractivity contribution in [2.24, 2.45) is 0 Å². The highest BCUT2D eigenvalue weighted by molar-refractivity contribution is 8.05. The number of likely N-dealkylation sites (tertiary alicyclic amines) is 1. The first-order valence-corrected chi connectivity index (χ1v) is 10.2. The minimum absolute atomic E-state index is 0.493. The van der Waals surface area contributed by atoms with Crippen LogP contribution in [0.4, 0.5) is 26.3 Å². The molecule has 1 heterocycles. The lowest BCUT2D eigenvalue weighted by Gasteiger charge is -2.25. The number of nitrogens with zero attached hydrogens (tertiary/aromatic N) is 1. The van der Waals surface area contributed by atoms with Gasteiger partial charge in [0, 0.05) is 0 Å². The number of hydrogen-bond acceptors (Lipinski definition) is 5. The molecule has 0 aromatic carbocycles. The molecule has 6 nitrogen and oxygen atoms in total. The van der Waals surface area contributed by atoms with Crippen molar-refractivity contribution < 1.29 is 43.2 Å². The Balaban J connectivity index is 0.000000496. The normalized spacial score (nSPS) is 17.7. The van der Waals surface area contributed by atoms with Crippen molar-refractivity contribution in [3.05, 3.63) is 0 Å². The number of sulfonamides is 2. The quantitative estimate of drug-likeness (QED) is 0.689. The van der Waals surface area contributed by atoms with Crippen molar-refractivity contribution >= 4 is 20.0 Å². The molecule has 1 aliphatic rings. The lowest BCUT2D eigenvalue weighted by molar-refractivity contribution is -0.0476. The maximum Gasteiger partial charge on any atom is 0.512 e. The van der Waals surface area contributed by atoms with Gasteiger partial charge in [0.1, 0.15) is 0 Å². The molecular weight excluding hydrogens is 402 g/mol. The summed E-state index contributed by atoms with van der Waals surface area (Å²) in [7, 11) is -13.2. The molecule has 25 heavy (non-hydrogen) atoms. The molecule has 14 heteroatoms. The lowest BCUT2D eigenvalue weighted by atomic mass is 10.1. The van der Waals surface area contributed by atoms with E-state index in [2.05, 4.69) is 11.8 Å². The van der Waals surface area contributed by atoms with Gasteiger partial charge < -0.3 is 4.90 Å². The largest absolute Gasteiger partial charge is 0.512 e. The first-order chi connectivity index (χ1) is 11.1. The lowest BCUT2D eigenvalue weighted by Crippen LogP contribution is -2.45. The summed E-state index contributed by atoms with van der Waals surface area (Å²) < 4.78 is 108. The van der Waals surface area contributed by atoms with E-state index in [1.54, 1.807) is 0 Å². The van der Waals surface area contributed by atoms with Gasteiger partial charge in [0.25, 0.3) is 0 Å². The molecule has 1 rings (SSSR count). The average Bonchev–Trinajstić information content (AvgIpc) is 2.43. The van der Waals surface area contributed by atoms with Crippen molar-refractivity contribution in [3.8, 4) is 0 Å². The minimum atomic E-state index is -6.60. The molecule has 0 aromatic rings. The van der Waals surface area contributed by atoms with Gasteiger partial charge in [-0.15, -0.1) is 0 Å². The zero-order chi connectivity index (χ0) is 19.9. The number of nitrogens with one attached hydrogen (secondary N) is 1. The highest BCUT2D eigenvalue weighted by atomic mass is 32.3. The van der Waals surface area contributed by atoms with Gasteiger partial charge in [-0.3, -0.25) is 0 Å². The van der Waals surface area contributed by atoms with Crippen LogP contribution in [0.2, 0.25) is 0 Å². The van der Waals surface area contributed by atoms with Crippen molar-refractivity contribution in [2.45, 2.75) is 50.0 Å². The molecule has 1 fully saturated rings. The smallest absolute Gasteiger partial charge is 0.303 e. The monoisotopic (exact) mass is 422 g/mol. The second kappa shape index (κ2) is 9.37. The van der Waals surface area contributed by atoms with Crippen LogP contribution in [-0.4, -0.2) is 52.4 Å². The summed E-state index contributed by atoms with van der Waals surface area (Å²) >= 11 is 0. The number of alkyl halides is 6. The Bertz CT molecular complexity index is 553. The van der Waals surface area contributed by atoms with Crippen molar-refractivity contribution in [1.29, 1.82) is 0 Å². The van der Waals surface area contributed by atoms with Crippen LogP contribution in [0.1, 0.15) is 39.0 Å². The third kappa shape index (κ3) is 8.55. The number of halogens is 6. The van der Waals surface area contributed by atoms with Crippen LogP contribution in [0, 0.1) is 0 Å². The van der Waals surface area contributed by atoms with E-state index in [-0.39, 0.29) is 0 Å². The van der Waals surface area contributed by atoms with Gasteiger partial charge in [-0.25, -0.2) is 16.8 Å². The summed E-state index contributed by atoms with van der Waals surface area (Å²) in [6, 6.07) is 0. The van der Waals surface area contributed by atoms with E-state index in [1.165, 1.54) is 51.7 Å². The third-order valence-corrected chi connectivity index (χ3v) is 6.08. The zero-order valence-electron chi connectivity index (χ0n) is 13.3. The minimum Gasteiger partial charge on any atom is -0.303 e. The zero-order valence-corrected chi connectivity index (χ0v) is 15.0. The van der Waals surface area contributed by atoms with Gasteiger partial charge in [-0.2, -0.15) is 26.3 Å². The molecule has 152 valence electrons. The Hall–Kier alpha value is -0.600. The molecule has 0 aliphatic carbocycles. The van der Waals surface area contributed by atoms with Gasteiger partial charge in [-0.05, 0) is 38.9 Å². The molecule has 0 aromatic heterocycles. The molecule has 0 amide bonds. The summed E-state index contributed by atoms with van der Waals surface area (Å²) in [4.78, 5) is 2.60. The van der Waals surface area contributed by atoms with Crippen LogP contribution in [0.5, 0.6) is 0 Å². The number of unbranched alkanes of at least 4 members (excludes halogenated alkanes) is 1. The van der Waals surface area contributed by atoms with Crippen molar-refractivity contribution in [2.75, 3.05) is 19.6 Å². The van der Waals surface area contributed by atoms with Crippen molar-refractivity contribution in [1.82, 2.24) is 9.03 Å². The number of hydrogen-bond donors (Lipinski definition) is 1. The molecule has 0 radical (unpaired) electrons. The molecule has 1 N–H and O–H groups in total. The van der Waals surface area contributed by atoms with Crippen LogP contribution >= 0.6 is 0 Å². The maximum absolute atomic E-state index is 11.5. The van der Waals surface area contributed by atoms with Crippen LogP contribution in [-0.2, 0) is 20.0 Å². The van der Waals surface area contributed by atoms with E-state index in [4.69, 9.17) is 0 Å². The second-order valence-corrected chi connectivity index (χ2v) is 8.84. The van der Waals surface area contributed by atoms with E-state index in [0.717, 1.165) is 0 Å². The van der Waals surface area contributed by atoms with Crippen LogP contribution in [0.25, 0.3) is 0 Å². The van der Waals surface area contributed by atoms with Crippen LogP contribution in [0.3, 0.4) is 0 Å². The second-order valence-electron chi connectivity index (χ2n) is 5.24. The fourth-order valence-corrected chi connectivity index (χ4v) is 3.72. The summed E-state index contributed by atoms with van der Waals surface area (Å²) in [6.45, 7) is 6.33. The standard InChI is InChI=1S/C9H19N.C2HF6NO4S2/c1-2-3-7-10-8-5-4-6-9-10;3-1(4,5)14(10,11)9-15(12,13)2(6,7)8/h2-9H2,1H3;9H. The van der Waals surface area contributed by atoms with Crippen LogP contribution in [0.15, 0.2) is 0 Å². The average molecular weight is 422 g/mol. The van der Waals surface area contributed by atoms with E-state index in [9.17, 15) is 43.2 Å². The predicted molar refractivity (Wildman–Crippen MR) is 78.3 cm³/mol.